The molecule has 6 nitrogen and oxygen atoms in total. The molecule has 0 saturated carbocycles. The highest BCUT2D eigenvalue weighted by Gasteiger charge is 2.20. The molecule has 0 saturated heterocycles. The van der Waals surface area contributed by atoms with Crippen LogP contribution in [0.15, 0.2) is 30.9 Å². The molecule has 0 unspecified atom stereocenters. The number of carbonyl (C=O) groups excluding carboxylic acids is 2. The van der Waals surface area contributed by atoms with Gasteiger partial charge in [0, 0.05) is 24.8 Å². The van der Waals surface area contributed by atoms with Crippen molar-refractivity contribution in [3.05, 3.63) is 36.7 Å². The van der Waals surface area contributed by atoms with Crippen LogP contribution in [0.4, 0.5) is 0 Å². The summed E-state index contributed by atoms with van der Waals surface area (Å²) in [4.78, 5) is 29.0. The van der Waals surface area contributed by atoms with Crippen LogP contribution in [0.5, 0.6) is 0 Å². The second-order valence-corrected chi connectivity index (χ2v) is 2.52. The van der Waals surface area contributed by atoms with E-state index in [-0.39, 0.29) is 5.82 Å². The molecule has 0 aliphatic carbocycles. The summed E-state index contributed by atoms with van der Waals surface area (Å²) >= 11 is 0. The summed E-state index contributed by atoms with van der Waals surface area (Å²) in [5, 5.41) is 3.65. The van der Waals surface area contributed by atoms with Gasteiger partial charge >= 0.3 is 5.91 Å². The minimum atomic E-state index is -0.732. The molecule has 0 aliphatic heterocycles. The van der Waals surface area contributed by atoms with Crippen molar-refractivity contribution >= 4 is 11.7 Å². The van der Waals surface area contributed by atoms with Crippen LogP contribution in [-0.4, -0.2) is 31.4 Å². The number of hydrogen-bond acceptors (Lipinski definition) is 4. The van der Waals surface area contributed by atoms with Crippen LogP contribution in [0.2, 0.25) is 0 Å². The van der Waals surface area contributed by atoms with Gasteiger partial charge in [-0.2, -0.15) is 5.10 Å². The van der Waals surface area contributed by atoms with Crippen LogP contribution in [0.3, 0.4) is 0 Å². The molecule has 0 atom stereocenters. The number of nitrogens with one attached hydrogen (secondary N) is 1. The first-order chi connectivity index (χ1) is 6.79. The molecule has 0 aliphatic rings. The second kappa shape index (κ2) is 3.25. The van der Waals surface area contributed by atoms with E-state index in [0.29, 0.717) is 0 Å². The summed E-state index contributed by atoms with van der Waals surface area (Å²) in [7, 11) is 0. The topological polar surface area (TPSA) is 80.6 Å². The Morgan fingerprint density at radius 2 is 2.21 bits per heavy atom. The standard InChI is InChI=1S/C8H6N4O2/c13-6(7-9-3-4-10-7)8(14)12-5-1-2-11-12/h1-5H,(H,9,10). The lowest BCUT2D eigenvalue weighted by Gasteiger charge is -1.95. The van der Waals surface area contributed by atoms with Gasteiger partial charge < -0.3 is 4.98 Å². The third-order valence-corrected chi connectivity index (χ3v) is 1.62. The second-order valence-electron chi connectivity index (χ2n) is 2.52. The van der Waals surface area contributed by atoms with E-state index in [1.807, 2.05) is 0 Å². The predicted molar refractivity (Wildman–Crippen MR) is 45.8 cm³/mol. The van der Waals surface area contributed by atoms with Gasteiger partial charge in [-0.05, 0) is 6.07 Å². The zero-order chi connectivity index (χ0) is 9.97. The fourth-order valence-electron chi connectivity index (χ4n) is 0.984. The Labute approximate surface area is 78.6 Å². The summed E-state index contributed by atoms with van der Waals surface area (Å²) in [6.45, 7) is 0. The molecule has 0 bridgehead atoms. The largest absolute Gasteiger partial charge is 0.342 e. The molecule has 0 spiro atoms. The van der Waals surface area contributed by atoms with Gasteiger partial charge in [0.1, 0.15) is 0 Å². The number of ketones is 1. The van der Waals surface area contributed by atoms with Crippen molar-refractivity contribution in [1.82, 2.24) is 19.7 Å². The first-order valence-corrected chi connectivity index (χ1v) is 3.87. The highest BCUT2D eigenvalue weighted by Crippen LogP contribution is 1.95. The fourth-order valence-corrected chi connectivity index (χ4v) is 0.984. The molecule has 2 rings (SSSR count). The third kappa shape index (κ3) is 1.33. The van der Waals surface area contributed by atoms with Gasteiger partial charge in [0.05, 0.1) is 0 Å². The lowest BCUT2D eigenvalue weighted by molar-refractivity contribution is 0.0749. The SMILES string of the molecule is O=C(C(=O)n1cccn1)c1ncc[nH]1. The number of nitrogens with zero attached hydrogens (tertiary/aromatic N) is 3. The summed E-state index contributed by atoms with van der Waals surface area (Å²) in [5.41, 5.74) is 0. The van der Waals surface area contributed by atoms with Crippen LogP contribution >= 0.6 is 0 Å². The number of carbonyl (C=O) groups is 2. The molecule has 1 N–H and O–H groups in total. The smallest absolute Gasteiger partial charge is 0.322 e. The Hall–Kier alpha value is -2.24. The van der Waals surface area contributed by atoms with E-state index in [1.54, 1.807) is 6.07 Å². The highest BCUT2D eigenvalue weighted by atomic mass is 16.2. The fraction of sp³-hybridized carbons (Fsp3) is 0. The van der Waals surface area contributed by atoms with Crippen molar-refractivity contribution in [2.45, 2.75) is 0 Å². The van der Waals surface area contributed by atoms with Gasteiger partial charge in [0.25, 0.3) is 5.78 Å². The maximum absolute atomic E-state index is 11.4. The van der Waals surface area contributed by atoms with Crippen LogP contribution in [0.1, 0.15) is 15.4 Å². The normalized spacial score (nSPS) is 10.0. The van der Waals surface area contributed by atoms with E-state index in [9.17, 15) is 9.59 Å². The van der Waals surface area contributed by atoms with E-state index in [4.69, 9.17) is 0 Å². The maximum atomic E-state index is 11.4. The number of aromatic amines is 1. The first kappa shape index (κ1) is 8.36. The number of rotatable bonds is 2. The van der Waals surface area contributed by atoms with Crippen molar-refractivity contribution in [3.63, 3.8) is 0 Å². The lowest BCUT2D eigenvalue weighted by Crippen LogP contribution is -2.23. The minimum absolute atomic E-state index is 0.0190. The molecule has 2 heterocycles. The monoisotopic (exact) mass is 190 g/mol. The van der Waals surface area contributed by atoms with E-state index < -0.39 is 11.7 Å². The predicted octanol–water partition coefficient (Wildman–Crippen LogP) is 0.129. The number of imidazole rings is 1. The van der Waals surface area contributed by atoms with E-state index >= 15 is 0 Å². The summed E-state index contributed by atoms with van der Waals surface area (Å²) in [5.74, 6) is -1.42. The van der Waals surface area contributed by atoms with Crippen LogP contribution in [-0.2, 0) is 0 Å². The lowest BCUT2D eigenvalue weighted by atomic mass is 10.3. The Morgan fingerprint density at radius 1 is 1.36 bits per heavy atom. The van der Waals surface area contributed by atoms with Crippen molar-refractivity contribution in [1.29, 1.82) is 0 Å². The Kier molecular flexibility index (Phi) is 1.94. The number of Topliss-reactive ketones (excluding diaryl/α,β-unsaturated/α-hetero) is 1. The van der Waals surface area contributed by atoms with Gasteiger partial charge in [-0.25, -0.2) is 9.67 Å². The highest BCUT2D eigenvalue weighted by molar-refractivity contribution is 6.42. The number of H-pyrrole nitrogens is 1. The van der Waals surface area contributed by atoms with Gasteiger partial charge in [-0.15, -0.1) is 0 Å². The minimum Gasteiger partial charge on any atom is -0.342 e. The molecule has 0 amide bonds. The van der Waals surface area contributed by atoms with E-state index in [1.165, 1.54) is 24.8 Å². The summed E-state index contributed by atoms with van der Waals surface area (Å²) in [6.07, 6.45) is 5.71. The molecule has 14 heavy (non-hydrogen) atoms. The number of aromatic nitrogens is 4. The van der Waals surface area contributed by atoms with Crippen molar-refractivity contribution < 1.29 is 9.59 Å². The molecule has 70 valence electrons. The summed E-state index contributed by atoms with van der Waals surface area (Å²) < 4.78 is 0.963. The van der Waals surface area contributed by atoms with Gasteiger partial charge in [0.2, 0.25) is 0 Å². The van der Waals surface area contributed by atoms with Crippen LogP contribution in [0, 0.1) is 0 Å². The van der Waals surface area contributed by atoms with E-state index in [2.05, 4.69) is 15.1 Å². The third-order valence-electron chi connectivity index (χ3n) is 1.62. The Bertz CT molecular complexity index is 399. The Balaban J connectivity index is 2.26. The van der Waals surface area contributed by atoms with Crippen LogP contribution < -0.4 is 0 Å². The number of hydrogen-bond donors (Lipinski definition) is 1. The quantitative estimate of drug-likeness (QED) is 0.539. The molecule has 0 radical (unpaired) electrons. The zero-order valence-corrected chi connectivity index (χ0v) is 7.04. The van der Waals surface area contributed by atoms with Crippen molar-refractivity contribution in [2.75, 3.05) is 0 Å². The molecule has 6 heteroatoms. The molecule has 0 aromatic carbocycles. The maximum Gasteiger partial charge on any atom is 0.322 e. The van der Waals surface area contributed by atoms with Gasteiger partial charge in [-0.3, -0.25) is 9.59 Å². The molecular formula is C8H6N4O2. The average molecular weight is 190 g/mol. The van der Waals surface area contributed by atoms with Crippen molar-refractivity contribution in [2.24, 2.45) is 0 Å². The first-order valence-electron chi connectivity index (χ1n) is 3.87. The molecule has 0 fully saturated rings. The zero-order valence-electron chi connectivity index (χ0n) is 7.04. The molecule has 2 aromatic heterocycles. The Morgan fingerprint density at radius 3 is 2.79 bits per heavy atom. The van der Waals surface area contributed by atoms with Gasteiger partial charge in [-0.1, -0.05) is 0 Å². The van der Waals surface area contributed by atoms with E-state index in [0.717, 1.165) is 4.68 Å². The average Bonchev–Trinajstić information content (AvgIpc) is 2.87. The molecule has 2 aromatic rings. The van der Waals surface area contributed by atoms with Crippen LogP contribution in [0.25, 0.3) is 0 Å². The summed E-state index contributed by atoms with van der Waals surface area (Å²) in [6, 6.07) is 1.56. The van der Waals surface area contributed by atoms with Gasteiger partial charge in [0.15, 0.2) is 5.82 Å². The molecular weight excluding hydrogens is 184 g/mol. The van der Waals surface area contributed by atoms with Crippen molar-refractivity contribution in [3.8, 4) is 0 Å².